The van der Waals surface area contributed by atoms with Crippen molar-refractivity contribution in [2.24, 2.45) is 7.05 Å². The molecule has 1 heterocycles. The molecule has 0 fully saturated rings. The lowest BCUT2D eigenvalue weighted by atomic mass is 9.90. The monoisotopic (exact) mass is 624 g/mol. The van der Waals surface area contributed by atoms with Crippen LogP contribution in [0.3, 0.4) is 0 Å². The number of amides is 1. The summed E-state index contributed by atoms with van der Waals surface area (Å²) in [5.41, 5.74) is -2.76. The second-order valence-corrected chi connectivity index (χ2v) is 10.4. The Morgan fingerprint density at radius 3 is 2.22 bits per heavy atom. The van der Waals surface area contributed by atoms with Gasteiger partial charge in [-0.05, 0) is 51.7 Å². The number of alkyl halides is 3. The van der Waals surface area contributed by atoms with Crippen LogP contribution in [0.15, 0.2) is 77.6 Å². The first kappa shape index (κ1) is 31.3. The van der Waals surface area contributed by atoms with E-state index in [1.807, 2.05) is 0 Å². The number of nitrogens with one attached hydrogen (secondary N) is 1. The van der Waals surface area contributed by atoms with Crippen LogP contribution in [0.25, 0.3) is 32.8 Å². The molecular weight excluding hydrogens is 599 g/mol. The van der Waals surface area contributed by atoms with Crippen molar-refractivity contribution < 1.29 is 41.4 Å². The van der Waals surface area contributed by atoms with E-state index in [0.717, 1.165) is 22.8 Å². The SMILES string of the molecule is COCc1ccc2c(c1)c(C(F)(F)F)c(-c1cccc3c(CC(NC(=O)c4c(F)cccc4F)C(=O)O)cccc13)c(=O)n2C. The zero-order valence-electron chi connectivity index (χ0n) is 23.8. The topological polar surface area (TPSA) is 97.6 Å². The van der Waals surface area contributed by atoms with Gasteiger partial charge >= 0.3 is 12.1 Å². The number of nitrogens with zero attached hydrogens (tertiary/aromatic N) is 1. The van der Waals surface area contributed by atoms with Crippen molar-refractivity contribution in [2.45, 2.75) is 25.2 Å². The molecule has 0 saturated heterocycles. The minimum absolute atomic E-state index is 0.0364. The number of carbonyl (C=O) groups excluding carboxylic acids is 1. The number of carboxylic acid groups (broad SMARTS) is 1. The van der Waals surface area contributed by atoms with Crippen molar-refractivity contribution in [3.05, 3.63) is 117 Å². The van der Waals surface area contributed by atoms with E-state index in [9.17, 15) is 41.4 Å². The van der Waals surface area contributed by atoms with E-state index < -0.39 is 58.0 Å². The molecule has 232 valence electrons. The van der Waals surface area contributed by atoms with Crippen LogP contribution in [0.4, 0.5) is 22.0 Å². The van der Waals surface area contributed by atoms with Gasteiger partial charge in [0, 0.05) is 26.0 Å². The van der Waals surface area contributed by atoms with E-state index in [1.54, 1.807) is 12.1 Å². The maximum absolute atomic E-state index is 14.8. The van der Waals surface area contributed by atoms with Crippen LogP contribution in [0.5, 0.6) is 0 Å². The largest absolute Gasteiger partial charge is 0.480 e. The average Bonchev–Trinajstić information content (AvgIpc) is 2.98. The third-order valence-electron chi connectivity index (χ3n) is 7.55. The van der Waals surface area contributed by atoms with Crippen LogP contribution >= 0.6 is 0 Å². The molecule has 0 bridgehead atoms. The number of pyridine rings is 1. The Hall–Kier alpha value is -5.10. The fourth-order valence-corrected chi connectivity index (χ4v) is 5.53. The molecule has 12 heteroatoms. The van der Waals surface area contributed by atoms with Crippen molar-refractivity contribution in [1.29, 1.82) is 0 Å². The Bertz CT molecular complexity index is 2020. The molecule has 0 aliphatic heterocycles. The molecule has 1 atom stereocenters. The van der Waals surface area contributed by atoms with Gasteiger partial charge in [0.05, 0.1) is 23.3 Å². The van der Waals surface area contributed by atoms with Gasteiger partial charge < -0.3 is 19.7 Å². The Kier molecular flexibility index (Phi) is 8.44. The van der Waals surface area contributed by atoms with E-state index in [4.69, 9.17) is 4.74 Å². The van der Waals surface area contributed by atoms with Crippen LogP contribution < -0.4 is 10.9 Å². The van der Waals surface area contributed by atoms with Crippen LogP contribution in [-0.2, 0) is 35.8 Å². The highest BCUT2D eigenvalue weighted by Gasteiger charge is 2.38. The number of hydrogen-bond acceptors (Lipinski definition) is 4. The molecule has 7 nitrogen and oxygen atoms in total. The number of halogens is 5. The molecular formula is C33H25F5N2O5. The summed E-state index contributed by atoms with van der Waals surface area (Å²) in [5, 5.41) is 12.3. The van der Waals surface area contributed by atoms with Gasteiger partial charge in [0.15, 0.2) is 0 Å². The van der Waals surface area contributed by atoms with E-state index >= 15 is 0 Å². The van der Waals surface area contributed by atoms with Crippen molar-refractivity contribution >= 4 is 33.6 Å². The van der Waals surface area contributed by atoms with Crippen molar-refractivity contribution in [1.82, 2.24) is 9.88 Å². The van der Waals surface area contributed by atoms with Crippen LogP contribution in [0.2, 0.25) is 0 Å². The molecule has 0 spiro atoms. The lowest BCUT2D eigenvalue weighted by Gasteiger charge is -2.20. The minimum Gasteiger partial charge on any atom is -0.480 e. The molecule has 5 rings (SSSR count). The number of ether oxygens (including phenoxy) is 1. The van der Waals surface area contributed by atoms with E-state index in [-0.39, 0.29) is 34.9 Å². The van der Waals surface area contributed by atoms with Crippen LogP contribution in [0.1, 0.15) is 27.0 Å². The number of benzene rings is 4. The van der Waals surface area contributed by atoms with Gasteiger partial charge in [-0.2, -0.15) is 13.2 Å². The Balaban J connectivity index is 1.67. The third kappa shape index (κ3) is 5.88. The minimum atomic E-state index is -4.94. The molecule has 1 aromatic heterocycles. The molecule has 2 N–H and O–H groups in total. The maximum Gasteiger partial charge on any atom is 0.417 e. The summed E-state index contributed by atoms with van der Waals surface area (Å²) < 4.78 is 79.0. The van der Waals surface area contributed by atoms with E-state index in [2.05, 4.69) is 5.32 Å². The normalized spacial score (nSPS) is 12.4. The zero-order valence-corrected chi connectivity index (χ0v) is 23.8. The lowest BCUT2D eigenvalue weighted by Crippen LogP contribution is -2.43. The molecule has 45 heavy (non-hydrogen) atoms. The van der Waals surface area contributed by atoms with Gasteiger partial charge in [-0.1, -0.05) is 48.5 Å². The highest BCUT2D eigenvalue weighted by molar-refractivity contribution is 6.02. The summed E-state index contributed by atoms with van der Waals surface area (Å²) in [5.74, 6) is -5.17. The maximum atomic E-state index is 14.8. The first-order valence-electron chi connectivity index (χ1n) is 13.5. The number of aromatic nitrogens is 1. The summed E-state index contributed by atoms with van der Waals surface area (Å²) in [6, 6.07) is 14.3. The fraction of sp³-hybridized carbons (Fsp3) is 0.182. The number of rotatable bonds is 8. The summed E-state index contributed by atoms with van der Waals surface area (Å²) in [6.07, 6.45) is -5.33. The zero-order chi connectivity index (χ0) is 32.6. The van der Waals surface area contributed by atoms with Gasteiger partial charge in [-0.25, -0.2) is 13.6 Å². The Morgan fingerprint density at radius 1 is 0.933 bits per heavy atom. The van der Waals surface area contributed by atoms with Crippen molar-refractivity contribution in [2.75, 3.05) is 7.11 Å². The highest BCUT2D eigenvalue weighted by Crippen LogP contribution is 2.42. The number of carbonyl (C=O) groups is 2. The van der Waals surface area contributed by atoms with Crippen molar-refractivity contribution in [3.8, 4) is 11.1 Å². The number of hydrogen-bond donors (Lipinski definition) is 2. The fourth-order valence-electron chi connectivity index (χ4n) is 5.53. The Labute approximate surface area is 252 Å². The number of methoxy groups -OCH3 is 1. The summed E-state index contributed by atoms with van der Waals surface area (Å²) in [7, 11) is 2.78. The van der Waals surface area contributed by atoms with Gasteiger partial charge in [0.25, 0.3) is 11.5 Å². The number of fused-ring (bicyclic) bond motifs is 2. The van der Waals surface area contributed by atoms with Crippen molar-refractivity contribution in [3.63, 3.8) is 0 Å². The first-order valence-corrected chi connectivity index (χ1v) is 13.5. The highest BCUT2D eigenvalue weighted by atomic mass is 19.4. The van der Waals surface area contributed by atoms with Gasteiger partial charge in [0.1, 0.15) is 23.2 Å². The molecule has 4 aromatic carbocycles. The number of aliphatic carboxylic acids is 1. The predicted octanol–water partition coefficient (Wildman–Crippen LogP) is 6.23. The number of aryl methyl sites for hydroxylation is 1. The van der Waals surface area contributed by atoms with E-state index in [1.165, 1.54) is 56.6 Å². The standard InChI is InChI=1S/C33H25F5N2O5/c1-40-26-13-12-17(16-45-2)14-22(26)29(33(36,37)38)27(31(40)42)21-9-4-7-19-18(6-3-8-20(19)21)15-25(32(43)44)39-30(41)28-23(34)10-5-11-24(28)35/h3-14,25H,15-16H2,1-2H3,(H,39,41)(H,43,44). The second kappa shape index (κ2) is 12.1. The number of carboxylic acids is 1. The summed E-state index contributed by atoms with van der Waals surface area (Å²) >= 11 is 0. The van der Waals surface area contributed by atoms with Crippen LogP contribution in [0, 0.1) is 11.6 Å². The van der Waals surface area contributed by atoms with E-state index in [0.29, 0.717) is 16.5 Å². The quantitative estimate of drug-likeness (QED) is 0.200. The molecule has 1 unspecified atom stereocenters. The lowest BCUT2D eigenvalue weighted by molar-refractivity contribution is -0.139. The smallest absolute Gasteiger partial charge is 0.417 e. The molecule has 5 aromatic rings. The predicted molar refractivity (Wildman–Crippen MR) is 157 cm³/mol. The molecule has 0 saturated carbocycles. The molecule has 1 amide bonds. The molecule has 0 aliphatic carbocycles. The average molecular weight is 625 g/mol. The van der Waals surface area contributed by atoms with Gasteiger partial charge in [-0.3, -0.25) is 9.59 Å². The summed E-state index contributed by atoms with van der Waals surface area (Å²) in [6.45, 7) is 0.0495. The molecule has 0 radical (unpaired) electrons. The van der Waals surface area contributed by atoms with Gasteiger partial charge in [0.2, 0.25) is 0 Å². The van der Waals surface area contributed by atoms with Gasteiger partial charge in [-0.15, -0.1) is 0 Å². The third-order valence-corrected chi connectivity index (χ3v) is 7.55. The molecule has 0 aliphatic rings. The first-order chi connectivity index (χ1) is 21.3. The Morgan fingerprint density at radius 2 is 1.58 bits per heavy atom. The van der Waals surface area contributed by atoms with Crippen LogP contribution in [-0.4, -0.2) is 34.7 Å². The summed E-state index contributed by atoms with van der Waals surface area (Å²) in [4.78, 5) is 38.4. The second-order valence-electron chi connectivity index (χ2n) is 10.4.